The number of anilines is 6. The van der Waals surface area contributed by atoms with Gasteiger partial charge in [-0.1, -0.05) is 133 Å². The van der Waals surface area contributed by atoms with Crippen LogP contribution in [0.3, 0.4) is 0 Å². The van der Waals surface area contributed by atoms with Crippen molar-refractivity contribution >= 4 is 73.6 Å². The second-order valence-corrected chi connectivity index (χ2v) is 15.3. The van der Waals surface area contributed by atoms with Crippen LogP contribution in [-0.4, -0.2) is 8.75 Å². The first-order valence-corrected chi connectivity index (χ1v) is 21.3. The molecule has 8 nitrogen and oxygen atoms in total. The number of fused-ring (bicyclic) bond motifs is 1. The van der Waals surface area contributed by atoms with Crippen LogP contribution < -0.4 is 20.2 Å². The Bertz CT molecular complexity index is 3370. The molecule has 304 valence electrons. The van der Waals surface area contributed by atoms with Gasteiger partial charge in [0.05, 0.1) is 11.7 Å². The molecule has 0 N–H and O–H groups in total. The second-order valence-electron chi connectivity index (χ2n) is 14.8. The fourth-order valence-electron chi connectivity index (χ4n) is 8.02. The van der Waals surface area contributed by atoms with E-state index in [0.717, 1.165) is 62.5 Å². The Morgan fingerprint density at radius 2 is 0.815 bits per heavy atom. The Morgan fingerprint density at radius 3 is 1.26 bits per heavy atom. The summed E-state index contributed by atoms with van der Waals surface area (Å²) in [6.45, 7) is 0. The van der Waals surface area contributed by atoms with Gasteiger partial charge in [0.15, 0.2) is 0 Å². The molecule has 65 heavy (non-hydrogen) atoms. The van der Waals surface area contributed by atoms with Gasteiger partial charge in [-0.2, -0.15) is 29.8 Å². The molecule has 1 aromatic heterocycles. The third-order valence-electron chi connectivity index (χ3n) is 11.0. The predicted octanol–water partition coefficient (Wildman–Crippen LogP) is 12.2. The first-order valence-electron chi connectivity index (χ1n) is 20.6. The van der Waals surface area contributed by atoms with Crippen LogP contribution in [0.15, 0.2) is 212 Å². The molecule has 0 aliphatic carbocycles. The van der Waals surface area contributed by atoms with Gasteiger partial charge in [0.2, 0.25) is 0 Å². The Kier molecular flexibility index (Phi) is 11.8. The molecular weight excluding hydrogens is 817 g/mol. The molecule has 0 fully saturated rings. The fraction of sp³-hybridized carbons (Fsp3) is 0. The molecule has 0 aliphatic rings. The topological polar surface area (TPSA) is 127 Å². The van der Waals surface area contributed by atoms with Gasteiger partial charge in [0, 0.05) is 56.0 Å². The highest BCUT2D eigenvalue weighted by molar-refractivity contribution is 7.00. The number of nitrogens with zero attached hydrogens (tertiary/aromatic N) is 8. The lowest BCUT2D eigenvalue weighted by molar-refractivity contribution is 1.28. The number of para-hydroxylation sites is 4. The van der Waals surface area contributed by atoms with Crippen molar-refractivity contribution in [3.05, 3.63) is 233 Å². The van der Waals surface area contributed by atoms with Gasteiger partial charge < -0.3 is 9.80 Å². The number of benzene rings is 8. The SMILES string of the molecule is N#CC(C#N)=C(C(c1ccc(N(c2ccccc2)c2ccccc2)cc1)=c1ccc(=C(C#N)C#N)cc1)c1ccc(-c2ccc(N(c3ccccc3)c3ccccc3)cc2)c2nsnc12. The molecule has 0 bridgehead atoms. The largest absolute Gasteiger partial charge is 0.311 e. The molecule has 9 rings (SSSR count). The standard InChI is InChI=1S/C56H34N8S/c57-35-43(36-58)39-21-23-41(24-22-39)53(42-27-31-50(32-28-42)64(47-17-9-3-10-18-47)48-19-11-4-12-20-48)54(44(37-59)38-60)52-34-33-51(55-56(52)62-65-61-55)40-25-29-49(30-26-40)63(45-13-5-1-6-14-45)46-15-7-2-8-16-46/h1-34H. The van der Waals surface area contributed by atoms with Crippen LogP contribution in [-0.2, 0) is 0 Å². The lowest BCUT2D eigenvalue weighted by Gasteiger charge is -2.26. The third kappa shape index (κ3) is 8.22. The molecule has 0 atom stereocenters. The van der Waals surface area contributed by atoms with Crippen LogP contribution >= 0.6 is 11.7 Å². The monoisotopic (exact) mass is 850 g/mol. The van der Waals surface area contributed by atoms with Crippen molar-refractivity contribution in [2.45, 2.75) is 0 Å². The molecule has 0 saturated carbocycles. The maximum atomic E-state index is 10.7. The maximum absolute atomic E-state index is 10.7. The molecule has 1 heterocycles. The van der Waals surface area contributed by atoms with Crippen LogP contribution in [0.25, 0.3) is 38.9 Å². The van der Waals surface area contributed by atoms with Gasteiger partial charge in [0.1, 0.15) is 46.5 Å². The van der Waals surface area contributed by atoms with E-state index in [9.17, 15) is 21.0 Å². The summed E-state index contributed by atoms with van der Waals surface area (Å²) in [7, 11) is 0. The molecule has 9 aromatic rings. The Labute approximate surface area is 380 Å². The minimum atomic E-state index is -0.113. The quantitative estimate of drug-likeness (QED) is 0.124. The summed E-state index contributed by atoms with van der Waals surface area (Å²) in [5, 5.41) is 41.8. The highest BCUT2D eigenvalue weighted by Crippen LogP contribution is 2.42. The van der Waals surface area contributed by atoms with Crippen LogP contribution in [0.4, 0.5) is 34.1 Å². The van der Waals surface area contributed by atoms with Crippen LogP contribution in [0.2, 0.25) is 0 Å². The molecule has 8 aromatic carbocycles. The summed E-state index contributed by atoms with van der Waals surface area (Å²) in [5.74, 6) is 0. The summed E-state index contributed by atoms with van der Waals surface area (Å²) in [6, 6.07) is 76.1. The predicted molar refractivity (Wildman–Crippen MR) is 260 cm³/mol. The van der Waals surface area contributed by atoms with Crippen molar-refractivity contribution in [2.75, 3.05) is 9.80 Å². The van der Waals surface area contributed by atoms with Crippen LogP contribution in [0.5, 0.6) is 0 Å². The Balaban J connectivity index is 1.20. The van der Waals surface area contributed by atoms with E-state index in [4.69, 9.17) is 8.75 Å². The van der Waals surface area contributed by atoms with Gasteiger partial charge in [-0.25, -0.2) is 0 Å². The summed E-state index contributed by atoms with van der Waals surface area (Å²) in [5.41, 5.74) is 10.9. The molecule has 0 saturated heterocycles. The van der Waals surface area contributed by atoms with Gasteiger partial charge >= 0.3 is 0 Å². The summed E-state index contributed by atoms with van der Waals surface area (Å²) in [4.78, 5) is 4.36. The summed E-state index contributed by atoms with van der Waals surface area (Å²) < 4.78 is 9.61. The molecule has 0 radical (unpaired) electrons. The maximum Gasteiger partial charge on any atom is 0.138 e. The van der Waals surface area contributed by atoms with Crippen LogP contribution in [0.1, 0.15) is 11.1 Å². The molecule has 0 aliphatic heterocycles. The number of nitriles is 4. The number of allylic oxidation sites excluding steroid dienone is 2. The zero-order valence-corrected chi connectivity index (χ0v) is 35.4. The van der Waals surface area contributed by atoms with E-state index in [1.165, 1.54) is 0 Å². The summed E-state index contributed by atoms with van der Waals surface area (Å²) >= 11 is 1.06. The van der Waals surface area contributed by atoms with Gasteiger partial charge in [-0.15, -0.1) is 0 Å². The number of rotatable bonds is 10. The lowest BCUT2D eigenvalue weighted by Crippen LogP contribution is -2.15. The van der Waals surface area contributed by atoms with Gasteiger partial charge in [-0.3, -0.25) is 0 Å². The normalized spacial score (nSPS) is 10.4. The van der Waals surface area contributed by atoms with E-state index >= 15 is 0 Å². The zero-order valence-electron chi connectivity index (χ0n) is 34.6. The van der Waals surface area contributed by atoms with E-state index in [1.54, 1.807) is 24.3 Å². The third-order valence-corrected chi connectivity index (χ3v) is 11.5. The lowest BCUT2D eigenvalue weighted by atomic mass is 9.86. The van der Waals surface area contributed by atoms with Gasteiger partial charge in [0.25, 0.3) is 0 Å². The molecule has 0 spiro atoms. The first-order chi connectivity index (χ1) is 32.1. The van der Waals surface area contributed by atoms with Crippen molar-refractivity contribution < 1.29 is 0 Å². The van der Waals surface area contributed by atoms with E-state index in [2.05, 4.69) is 94.7 Å². The first kappa shape index (κ1) is 41.0. The van der Waals surface area contributed by atoms with Crippen molar-refractivity contribution in [1.82, 2.24) is 8.75 Å². The zero-order chi connectivity index (χ0) is 44.5. The minimum Gasteiger partial charge on any atom is -0.311 e. The fourth-order valence-corrected chi connectivity index (χ4v) is 8.59. The van der Waals surface area contributed by atoms with E-state index < -0.39 is 0 Å². The van der Waals surface area contributed by atoms with Crippen molar-refractivity contribution in [3.63, 3.8) is 0 Å². The Morgan fingerprint density at radius 1 is 0.400 bits per heavy atom. The van der Waals surface area contributed by atoms with E-state index in [1.807, 2.05) is 121 Å². The van der Waals surface area contributed by atoms with Crippen LogP contribution in [0, 0.1) is 45.3 Å². The highest BCUT2D eigenvalue weighted by Gasteiger charge is 2.24. The number of aromatic nitrogens is 2. The average Bonchev–Trinajstić information content (AvgIpc) is 3.88. The highest BCUT2D eigenvalue weighted by atomic mass is 32.1. The average molecular weight is 851 g/mol. The molecule has 0 unspecified atom stereocenters. The van der Waals surface area contributed by atoms with Crippen molar-refractivity contribution in [2.24, 2.45) is 0 Å². The Hall–Kier alpha value is -9.38. The molecule has 9 heteroatoms. The van der Waals surface area contributed by atoms with Crippen molar-refractivity contribution in [3.8, 4) is 35.4 Å². The van der Waals surface area contributed by atoms with Gasteiger partial charge in [-0.05, 0) is 94.7 Å². The number of hydrogen-bond acceptors (Lipinski definition) is 9. The number of hydrogen-bond donors (Lipinski definition) is 0. The van der Waals surface area contributed by atoms with Crippen molar-refractivity contribution in [1.29, 1.82) is 21.0 Å². The molecule has 0 amide bonds. The molecular formula is C56H34N8S. The minimum absolute atomic E-state index is 0.0263. The van der Waals surface area contributed by atoms with E-state index in [0.29, 0.717) is 38.2 Å². The van der Waals surface area contributed by atoms with E-state index in [-0.39, 0.29) is 11.1 Å². The smallest absolute Gasteiger partial charge is 0.138 e. The second kappa shape index (κ2) is 18.7. The summed E-state index contributed by atoms with van der Waals surface area (Å²) in [6.07, 6.45) is 0.